The average Bonchev–Trinajstić information content (AvgIpc) is 2.83. The highest BCUT2D eigenvalue weighted by Gasteiger charge is 2.15. The molecule has 0 atom stereocenters. The summed E-state index contributed by atoms with van der Waals surface area (Å²) in [4.78, 5) is 28.7. The van der Waals surface area contributed by atoms with Crippen LogP contribution < -0.4 is 14.8 Å². The van der Waals surface area contributed by atoms with Crippen LogP contribution >= 0.6 is 0 Å². The number of anilines is 1. The van der Waals surface area contributed by atoms with Crippen molar-refractivity contribution >= 4 is 28.5 Å². The molecule has 0 radical (unpaired) electrons. The van der Waals surface area contributed by atoms with Crippen LogP contribution in [0.3, 0.4) is 0 Å². The van der Waals surface area contributed by atoms with Crippen LogP contribution in [-0.2, 0) is 4.79 Å². The lowest BCUT2D eigenvalue weighted by atomic mass is 10.0. The van der Waals surface area contributed by atoms with Gasteiger partial charge in [0.1, 0.15) is 0 Å². The zero-order valence-electron chi connectivity index (χ0n) is 18.2. The van der Waals surface area contributed by atoms with Gasteiger partial charge in [-0.05, 0) is 48.9 Å². The molecule has 0 fully saturated rings. The van der Waals surface area contributed by atoms with Gasteiger partial charge in [-0.15, -0.1) is 0 Å². The highest BCUT2D eigenvalue weighted by Crippen LogP contribution is 2.33. The number of fused-ring (bicyclic) bond motifs is 1. The first-order chi connectivity index (χ1) is 16.0. The van der Waals surface area contributed by atoms with Crippen LogP contribution in [0.15, 0.2) is 72.8 Å². The quantitative estimate of drug-likeness (QED) is 0.421. The SMILES string of the molecule is COc1cc(-c2cc(C(=O)O)c3ccccc3n2)ccc1OCC(=O)Nc1ccccc1C. The van der Waals surface area contributed by atoms with Crippen molar-refractivity contribution in [3.63, 3.8) is 0 Å². The van der Waals surface area contributed by atoms with Gasteiger partial charge < -0.3 is 19.9 Å². The number of carboxylic acid groups (broad SMARTS) is 1. The van der Waals surface area contributed by atoms with Crippen molar-refractivity contribution in [3.8, 4) is 22.8 Å². The molecule has 0 saturated carbocycles. The van der Waals surface area contributed by atoms with Gasteiger partial charge in [0.05, 0.1) is 23.9 Å². The summed E-state index contributed by atoms with van der Waals surface area (Å²) >= 11 is 0. The van der Waals surface area contributed by atoms with Crippen LogP contribution in [0.5, 0.6) is 11.5 Å². The smallest absolute Gasteiger partial charge is 0.336 e. The summed E-state index contributed by atoms with van der Waals surface area (Å²) in [6, 6.07) is 21.2. The Hall–Kier alpha value is -4.39. The van der Waals surface area contributed by atoms with Crippen molar-refractivity contribution in [1.82, 2.24) is 4.98 Å². The van der Waals surface area contributed by atoms with Crippen LogP contribution in [0.2, 0.25) is 0 Å². The van der Waals surface area contributed by atoms with Gasteiger partial charge >= 0.3 is 5.97 Å². The maximum atomic E-state index is 12.3. The van der Waals surface area contributed by atoms with Crippen LogP contribution in [0.1, 0.15) is 15.9 Å². The van der Waals surface area contributed by atoms with E-state index in [-0.39, 0.29) is 18.1 Å². The normalized spacial score (nSPS) is 10.6. The lowest BCUT2D eigenvalue weighted by molar-refractivity contribution is -0.118. The second-order valence-corrected chi connectivity index (χ2v) is 7.39. The van der Waals surface area contributed by atoms with E-state index in [1.165, 1.54) is 13.2 Å². The topological polar surface area (TPSA) is 97.8 Å². The van der Waals surface area contributed by atoms with Crippen LogP contribution in [-0.4, -0.2) is 35.7 Å². The number of rotatable bonds is 7. The summed E-state index contributed by atoms with van der Waals surface area (Å²) in [7, 11) is 1.50. The number of aromatic carboxylic acids is 1. The third-order valence-corrected chi connectivity index (χ3v) is 5.18. The molecule has 0 saturated heterocycles. The van der Waals surface area contributed by atoms with Crippen LogP contribution in [0.4, 0.5) is 5.69 Å². The number of carboxylic acids is 1. The van der Waals surface area contributed by atoms with Crippen LogP contribution in [0, 0.1) is 6.92 Å². The Kier molecular flexibility index (Phi) is 6.22. The Morgan fingerprint density at radius 3 is 2.48 bits per heavy atom. The van der Waals surface area contributed by atoms with Gasteiger partial charge in [-0.2, -0.15) is 0 Å². The maximum absolute atomic E-state index is 12.3. The van der Waals surface area contributed by atoms with Gasteiger partial charge in [-0.25, -0.2) is 9.78 Å². The Bertz CT molecular complexity index is 1350. The maximum Gasteiger partial charge on any atom is 0.336 e. The summed E-state index contributed by atoms with van der Waals surface area (Å²) < 4.78 is 11.1. The summed E-state index contributed by atoms with van der Waals surface area (Å²) in [6.45, 7) is 1.72. The second-order valence-electron chi connectivity index (χ2n) is 7.39. The average molecular weight is 442 g/mol. The predicted octanol–water partition coefficient (Wildman–Crippen LogP) is 4.93. The molecule has 0 aliphatic heterocycles. The molecule has 7 nitrogen and oxygen atoms in total. The lowest BCUT2D eigenvalue weighted by Gasteiger charge is -2.13. The van der Waals surface area contributed by atoms with E-state index in [1.54, 1.807) is 36.4 Å². The third-order valence-electron chi connectivity index (χ3n) is 5.18. The van der Waals surface area contributed by atoms with E-state index in [0.29, 0.717) is 33.7 Å². The Labute approximate surface area is 190 Å². The summed E-state index contributed by atoms with van der Waals surface area (Å²) in [6.07, 6.45) is 0. The predicted molar refractivity (Wildman–Crippen MR) is 126 cm³/mol. The van der Waals surface area contributed by atoms with E-state index < -0.39 is 5.97 Å². The lowest BCUT2D eigenvalue weighted by Crippen LogP contribution is -2.20. The highest BCUT2D eigenvalue weighted by molar-refractivity contribution is 6.03. The summed E-state index contributed by atoms with van der Waals surface area (Å²) in [5, 5.41) is 13.0. The van der Waals surface area contributed by atoms with Gasteiger partial charge in [0, 0.05) is 16.6 Å². The number of nitrogens with zero attached hydrogens (tertiary/aromatic N) is 1. The van der Waals surface area contributed by atoms with Gasteiger partial charge in [-0.1, -0.05) is 36.4 Å². The molecule has 4 aromatic rings. The number of methoxy groups -OCH3 is 1. The number of nitrogens with one attached hydrogen (secondary N) is 1. The van der Waals surface area contributed by atoms with Crippen molar-refractivity contribution < 1.29 is 24.2 Å². The first-order valence-corrected chi connectivity index (χ1v) is 10.3. The van der Waals surface area contributed by atoms with Gasteiger partial charge in [0.2, 0.25) is 0 Å². The van der Waals surface area contributed by atoms with E-state index in [0.717, 1.165) is 11.3 Å². The van der Waals surface area contributed by atoms with E-state index in [1.807, 2.05) is 37.3 Å². The first-order valence-electron chi connectivity index (χ1n) is 10.3. The molecule has 4 rings (SSSR count). The number of para-hydroxylation sites is 2. The summed E-state index contributed by atoms with van der Waals surface area (Å²) in [5.41, 5.74) is 3.59. The van der Waals surface area contributed by atoms with Crippen LogP contribution in [0.25, 0.3) is 22.2 Å². The van der Waals surface area contributed by atoms with Crippen molar-refractivity contribution in [2.24, 2.45) is 0 Å². The second kappa shape index (κ2) is 9.40. The molecule has 0 unspecified atom stereocenters. The largest absolute Gasteiger partial charge is 0.493 e. The molecule has 1 heterocycles. The minimum absolute atomic E-state index is 0.169. The number of benzene rings is 3. The van der Waals surface area contributed by atoms with Crippen molar-refractivity contribution in [3.05, 3.63) is 83.9 Å². The third kappa shape index (κ3) is 4.77. The van der Waals surface area contributed by atoms with Crippen molar-refractivity contribution in [2.45, 2.75) is 6.92 Å². The first kappa shape index (κ1) is 21.8. The zero-order chi connectivity index (χ0) is 23.4. The monoisotopic (exact) mass is 442 g/mol. The molecular formula is C26H22N2O5. The van der Waals surface area contributed by atoms with Gasteiger partial charge in [0.15, 0.2) is 18.1 Å². The fraction of sp³-hybridized carbons (Fsp3) is 0.115. The number of carbonyl (C=O) groups excluding carboxylic acids is 1. The molecule has 33 heavy (non-hydrogen) atoms. The minimum Gasteiger partial charge on any atom is -0.493 e. The molecule has 0 spiro atoms. The molecule has 0 aliphatic rings. The van der Waals surface area contributed by atoms with E-state index >= 15 is 0 Å². The minimum atomic E-state index is -1.03. The standard InChI is InChI=1S/C26H22N2O5/c1-16-7-3-5-9-20(16)28-25(29)15-33-23-12-11-17(13-24(23)32-2)22-14-19(26(30)31)18-8-4-6-10-21(18)27-22/h3-14H,15H2,1-2H3,(H,28,29)(H,30,31). The van der Waals surface area contributed by atoms with Gasteiger partial charge in [-0.3, -0.25) is 4.79 Å². The Morgan fingerprint density at radius 1 is 0.970 bits per heavy atom. The molecular weight excluding hydrogens is 420 g/mol. The summed E-state index contributed by atoms with van der Waals surface area (Å²) in [5.74, 6) is -0.525. The molecule has 7 heteroatoms. The molecule has 166 valence electrons. The molecule has 2 N–H and O–H groups in total. The molecule has 3 aromatic carbocycles. The number of carbonyl (C=O) groups is 2. The zero-order valence-corrected chi connectivity index (χ0v) is 18.2. The Balaban J connectivity index is 1.57. The van der Waals surface area contributed by atoms with E-state index in [4.69, 9.17) is 9.47 Å². The number of pyridine rings is 1. The number of hydrogen-bond donors (Lipinski definition) is 2. The molecule has 1 aromatic heterocycles. The number of amides is 1. The number of hydrogen-bond acceptors (Lipinski definition) is 5. The number of ether oxygens (including phenoxy) is 2. The molecule has 0 aliphatic carbocycles. The van der Waals surface area contributed by atoms with Crippen molar-refractivity contribution in [1.29, 1.82) is 0 Å². The number of aryl methyl sites for hydroxylation is 1. The van der Waals surface area contributed by atoms with Gasteiger partial charge in [0.25, 0.3) is 5.91 Å². The van der Waals surface area contributed by atoms with Crippen molar-refractivity contribution in [2.75, 3.05) is 19.0 Å². The molecule has 1 amide bonds. The molecule has 0 bridgehead atoms. The number of aromatic nitrogens is 1. The Morgan fingerprint density at radius 2 is 1.73 bits per heavy atom. The van der Waals surface area contributed by atoms with E-state index in [9.17, 15) is 14.7 Å². The highest BCUT2D eigenvalue weighted by atomic mass is 16.5. The van der Waals surface area contributed by atoms with E-state index in [2.05, 4.69) is 10.3 Å². The fourth-order valence-electron chi connectivity index (χ4n) is 3.49. The fourth-order valence-corrected chi connectivity index (χ4v) is 3.49.